The summed E-state index contributed by atoms with van der Waals surface area (Å²) in [6.45, 7) is 1.26. The first-order chi connectivity index (χ1) is 11.2. The Hall–Kier alpha value is -2.21. The first kappa shape index (κ1) is 15.7. The van der Waals surface area contributed by atoms with E-state index in [4.69, 9.17) is 4.52 Å². The van der Waals surface area contributed by atoms with E-state index in [1.165, 1.54) is 6.42 Å². The van der Waals surface area contributed by atoms with Crippen LogP contribution >= 0.6 is 0 Å². The minimum absolute atomic E-state index is 0.0421. The molecule has 0 radical (unpaired) electrons. The second kappa shape index (κ2) is 7.37. The van der Waals surface area contributed by atoms with Gasteiger partial charge in [0.15, 0.2) is 5.82 Å². The number of amides is 1. The lowest BCUT2D eigenvalue weighted by Gasteiger charge is -2.24. The molecule has 1 atom stereocenters. The summed E-state index contributed by atoms with van der Waals surface area (Å²) in [6, 6.07) is 9.54. The number of hydrogen-bond donors (Lipinski definition) is 1. The number of likely N-dealkylation sites (tertiary alicyclic amines) is 1. The van der Waals surface area contributed by atoms with Gasteiger partial charge in [-0.3, -0.25) is 9.69 Å². The van der Waals surface area contributed by atoms with Crippen LogP contribution in [0, 0.1) is 0 Å². The number of hydrogen-bond acceptors (Lipinski definition) is 5. The molecule has 2 aromatic rings. The van der Waals surface area contributed by atoms with Crippen LogP contribution in [0.2, 0.25) is 0 Å². The van der Waals surface area contributed by atoms with Gasteiger partial charge in [-0.25, -0.2) is 0 Å². The van der Waals surface area contributed by atoms with Crippen molar-refractivity contribution in [2.24, 2.45) is 0 Å². The summed E-state index contributed by atoms with van der Waals surface area (Å²) in [7, 11) is 2.01. The molecule has 122 valence electrons. The lowest BCUT2D eigenvalue weighted by Crippen LogP contribution is -2.44. The van der Waals surface area contributed by atoms with Crippen molar-refractivity contribution in [3.63, 3.8) is 0 Å². The maximum atomic E-state index is 12.4. The highest BCUT2D eigenvalue weighted by Gasteiger charge is 2.24. The standard InChI is InChI=1S/C17H22N4O2/c1-21-11-7-3-6-10-14(21)16(22)18-12-15-19-17(23-20-15)13-8-4-2-5-9-13/h2,4-5,8-9,14H,3,6-7,10-12H2,1H3,(H,18,22)/t14-/m1/s1. The molecule has 1 aliphatic heterocycles. The lowest BCUT2D eigenvalue weighted by molar-refractivity contribution is -0.126. The van der Waals surface area contributed by atoms with E-state index in [9.17, 15) is 4.79 Å². The van der Waals surface area contributed by atoms with Crippen molar-refractivity contribution in [3.05, 3.63) is 36.2 Å². The minimum atomic E-state index is -0.0574. The summed E-state index contributed by atoms with van der Waals surface area (Å²) in [5.41, 5.74) is 0.876. The summed E-state index contributed by atoms with van der Waals surface area (Å²) >= 11 is 0. The van der Waals surface area contributed by atoms with Crippen LogP contribution < -0.4 is 5.32 Å². The zero-order chi connectivity index (χ0) is 16.1. The van der Waals surface area contributed by atoms with Crippen LogP contribution in [0.5, 0.6) is 0 Å². The summed E-state index contributed by atoms with van der Waals surface area (Å²) in [5, 5.41) is 6.86. The third-order valence-corrected chi connectivity index (χ3v) is 4.23. The van der Waals surface area contributed by atoms with E-state index in [1.807, 2.05) is 37.4 Å². The van der Waals surface area contributed by atoms with Gasteiger partial charge in [-0.2, -0.15) is 4.98 Å². The zero-order valence-electron chi connectivity index (χ0n) is 13.4. The smallest absolute Gasteiger partial charge is 0.257 e. The molecule has 0 saturated carbocycles. The fourth-order valence-corrected chi connectivity index (χ4v) is 2.89. The number of aromatic nitrogens is 2. The fourth-order valence-electron chi connectivity index (χ4n) is 2.89. The third kappa shape index (κ3) is 3.96. The number of nitrogens with one attached hydrogen (secondary N) is 1. The summed E-state index contributed by atoms with van der Waals surface area (Å²) in [6.07, 6.45) is 4.36. The average molecular weight is 314 g/mol. The highest BCUT2D eigenvalue weighted by atomic mass is 16.5. The van der Waals surface area contributed by atoms with E-state index in [1.54, 1.807) is 0 Å². The topological polar surface area (TPSA) is 71.3 Å². The van der Waals surface area contributed by atoms with Crippen molar-refractivity contribution in [2.45, 2.75) is 38.3 Å². The van der Waals surface area contributed by atoms with E-state index in [2.05, 4.69) is 20.4 Å². The van der Waals surface area contributed by atoms with Crippen molar-refractivity contribution in [1.82, 2.24) is 20.4 Å². The Bertz CT molecular complexity index is 641. The molecule has 6 heteroatoms. The first-order valence-corrected chi connectivity index (χ1v) is 8.10. The Labute approximate surface area is 135 Å². The molecule has 1 saturated heterocycles. The lowest BCUT2D eigenvalue weighted by atomic mass is 10.1. The zero-order valence-corrected chi connectivity index (χ0v) is 13.4. The molecule has 1 aromatic heterocycles. The Morgan fingerprint density at radius 1 is 1.30 bits per heavy atom. The quantitative estimate of drug-likeness (QED) is 0.937. The van der Waals surface area contributed by atoms with E-state index < -0.39 is 0 Å². The van der Waals surface area contributed by atoms with Crippen LogP contribution in [-0.2, 0) is 11.3 Å². The van der Waals surface area contributed by atoms with Crippen LogP contribution in [0.3, 0.4) is 0 Å². The molecule has 1 amide bonds. The number of rotatable bonds is 4. The Balaban J connectivity index is 1.58. The predicted octanol–water partition coefficient (Wildman–Crippen LogP) is 2.23. The number of carbonyl (C=O) groups is 1. The van der Waals surface area contributed by atoms with Crippen LogP contribution in [0.25, 0.3) is 11.5 Å². The molecular formula is C17H22N4O2. The van der Waals surface area contributed by atoms with Gasteiger partial charge < -0.3 is 9.84 Å². The van der Waals surface area contributed by atoms with Gasteiger partial charge >= 0.3 is 0 Å². The van der Waals surface area contributed by atoms with E-state index in [-0.39, 0.29) is 11.9 Å². The molecule has 1 fully saturated rings. The number of carbonyl (C=O) groups excluding carboxylic acids is 1. The van der Waals surface area contributed by atoms with Crippen molar-refractivity contribution in [2.75, 3.05) is 13.6 Å². The molecule has 3 rings (SSSR count). The third-order valence-electron chi connectivity index (χ3n) is 4.23. The predicted molar refractivity (Wildman–Crippen MR) is 86.5 cm³/mol. The van der Waals surface area contributed by atoms with Gasteiger partial charge in [-0.15, -0.1) is 0 Å². The van der Waals surface area contributed by atoms with E-state index in [0.717, 1.165) is 31.4 Å². The second-order valence-corrected chi connectivity index (χ2v) is 5.95. The van der Waals surface area contributed by atoms with Crippen LogP contribution in [-0.4, -0.2) is 40.6 Å². The Morgan fingerprint density at radius 2 is 2.13 bits per heavy atom. The largest absolute Gasteiger partial charge is 0.347 e. The monoisotopic (exact) mass is 314 g/mol. The summed E-state index contributed by atoms with van der Waals surface area (Å²) in [4.78, 5) is 18.8. The molecule has 1 aromatic carbocycles. The molecule has 1 aliphatic rings. The van der Waals surface area contributed by atoms with Gasteiger partial charge in [-0.05, 0) is 38.6 Å². The van der Waals surface area contributed by atoms with Gasteiger partial charge in [0.05, 0.1) is 12.6 Å². The molecule has 0 unspecified atom stereocenters. The van der Waals surface area contributed by atoms with Crippen LogP contribution in [0.4, 0.5) is 0 Å². The highest BCUT2D eigenvalue weighted by molar-refractivity contribution is 5.81. The normalized spacial score (nSPS) is 19.3. The van der Waals surface area contributed by atoms with Crippen LogP contribution in [0.15, 0.2) is 34.9 Å². The van der Waals surface area contributed by atoms with Crippen molar-refractivity contribution < 1.29 is 9.32 Å². The van der Waals surface area contributed by atoms with Crippen molar-refractivity contribution >= 4 is 5.91 Å². The van der Waals surface area contributed by atoms with E-state index in [0.29, 0.717) is 18.3 Å². The molecule has 2 heterocycles. The number of likely N-dealkylation sites (N-methyl/N-ethyl adjacent to an activating group) is 1. The van der Waals surface area contributed by atoms with Crippen molar-refractivity contribution in [1.29, 1.82) is 0 Å². The summed E-state index contributed by atoms with van der Waals surface area (Å²) in [5.74, 6) is 1.01. The average Bonchev–Trinajstić information content (AvgIpc) is 2.95. The SMILES string of the molecule is CN1CCCCC[C@@H]1C(=O)NCc1noc(-c2ccccc2)n1. The maximum Gasteiger partial charge on any atom is 0.257 e. The fraction of sp³-hybridized carbons (Fsp3) is 0.471. The highest BCUT2D eigenvalue weighted by Crippen LogP contribution is 2.17. The Kier molecular flexibility index (Phi) is 5.02. The number of nitrogens with zero attached hydrogens (tertiary/aromatic N) is 3. The van der Waals surface area contributed by atoms with Crippen molar-refractivity contribution in [3.8, 4) is 11.5 Å². The Morgan fingerprint density at radius 3 is 2.96 bits per heavy atom. The molecule has 0 aliphatic carbocycles. The number of benzene rings is 1. The van der Waals surface area contributed by atoms with Gasteiger partial charge in [0.2, 0.25) is 5.91 Å². The van der Waals surface area contributed by atoms with Gasteiger partial charge in [-0.1, -0.05) is 36.2 Å². The molecule has 0 spiro atoms. The second-order valence-electron chi connectivity index (χ2n) is 5.95. The maximum absolute atomic E-state index is 12.4. The summed E-state index contributed by atoms with van der Waals surface area (Å²) < 4.78 is 5.25. The first-order valence-electron chi connectivity index (χ1n) is 8.10. The van der Waals surface area contributed by atoms with Crippen LogP contribution in [0.1, 0.15) is 31.5 Å². The van der Waals surface area contributed by atoms with Gasteiger partial charge in [0.25, 0.3) is 5.89 Å². The molecule has 23 heavy (non-hydrogen) atoms. The molecule has 0 bridgehead atoms. The molecular weight excluding hydrogens is 292 g/mol. The van der Waals surface area contributed by atoms with Gasteiger partial charge in [0.1, 0.15) is 0 Å². The minimum Gasteiger partial charge on any atom is -0.347 e. The van der Waals surface area contributed by atoms with Gasteiger partial charge in [0, 0.05) is 5.56 Å². The van der Waals surface area contributed by atoms with E-state index >= 15 is 0 Å². The molecule has 1 N–H and O–H groups in total. The molecule has 6 nitrogen and oxygen atoms in total.